The molecular weight excluding hydrogens is 286 g/mol. The molecule has 3 atom stereocenters. The number of hydrogen-bond donors (Lipinski definition) is 1. The molecule has 0 bridgehead atoms. The van der Waals surface area contributed by atoms with Crippen LogP contribution in [0.15, 0.2) is 24.5 Å². The molecule has 1 aliphatic carbocycles. The quantitative estimate of drug-likeness (QED) is 0.813. The van der Waals surface area contributed by atoms with Crippen molar-refractivity contribution in [2.75, 3.05) is 13.2 Å². The highest BCUT2D eigenvalue weighted by Crippen LogP contribution is 2.31. The molecule has 0 amide bonds. The molecule has 1 aliphatic heterocycles. The molecule has 2 aliphatic rings. The molecule has 0 aromatic carbocycles. The van der Waals surface area contributed by atoms with Crippen molar-refractivity contribution in [1.29, 1.82) is 0 Å². The summed E-state index contributed by atoms with van der Waals surface area (Å²) in [4.78, 5) is 4.69. The Bertz CT molecular complexity index is 504. The van der Waals surface area contributed by atoms with E-state index >= 15 is 0 Å². The molecule has 2 heterocycles. The number of aryl methyl sites for hydroxylation is 1. The van der Waals surface area contributed by atoms with Crippen LogP contribution in [0.5, 0.6) is 0 Å². The average Bonchev–Trinajstić information content (AvgIpc) is 3.09. The molecule has 128 valence electrons. The maximum Gasteiger partial charge on any atom is 0.126 e. The van der Waals surface area contributed by atoms with Crippen LogP contribution in [0.4, 0.5) is 0 Å². The van der Waals surface area contributed by atoms with Gasteiger partial charge in [0.1, 0.15) is 5.82 Å². The van der Waals surface area contributed by atoms with Gasteiger partial charge in [0.15, 0.2) is 0 Å². The van der Waals surface area contributed by atoms with Crippen molar-refractivity contribution in [2.45, 2.75) is 64.6 Å². The predicted octanol–water partition coefficient (Wildman–Crippen LogP) is 3.71. The summed E-state index contributed by atoms with van der Waals surface area (Å²) in [6.45, 7) is 7.22. The number of rotatable bonds is 6. The highest BCUT2D eigenvalue weighted by atomic mass is 16.5. The third-order valence-corrected chi connectivity index (χ3v) is 5.49. The summed E-state index contributed by atoms with van der Waals surface area (Å²) in [6, 6.07) is 0.814. The van der Waals surface area contributed by atoms with E-state index in [1.165, 1.54) is 25.1 Å². The Morgan fingerprint density at radius 2 is 2.04 bits per heavy atom. The molecule has 3 rings (SSSR count). The van der Waals surface area contributed by atoms with Crippen LogP contribution in [-0.2, 0) is 11.3 Å². The van der Waals surface area contributed by atoms with E-state index in [0.29, 0.717) is 18.0 Å². The lowest BCUT2D eigenvalue weighted by molar-refractivity contribution is 0.0506. The number of aromatic nitrogens is 2. The van der Waals surface area contributed by atoms with Crippen LogP contribution in [0, 0.1) is 11.8 Å². The number of hydrogen-bond acceptors (Lipinski definition) is 3. The van der Waals surface area contributed by atoms with Gasteiger partial charge in [-0.2, -0.15) is 0 Å². The van der Waals surface area contributed by atoms with Crippen molar-refractivity contribution in [2.24, 2.45) is 11.8 Å². The van der Waals surface area contributed by atoms with Crippen molar-refractivity contribution < 1.29 is 4.74 Å². The summed E-state index contributed by atoms with van der Waals surface area (Å²) >= 11 is 0. The molecule has 0 saturated carbocycles. The van der Waals surface area contributed by atoms with E-state index in [4.69, 9.17) is 9.72 Å². The molecule has 1 aromatic heterocycles. The molecule has 1 N–H and O–H groups in total. The van der Waals surface area contributed by atoms with Crippen molar-refractivity contribution in [1.82, 2.24) is 14.9 Å². The second-order valence-corrected chi connectivity index (χ2v) is 6.90. The third-order valence-electron chi connectivity index (χ3n) is 5.49. The Labute approximate surface area is 140 Å². The summed E-state index contributed by atoms with van der Waals surface area (Å²) in [5.41, 5.74) is 0. The first-order valence-corrected chi connectivity index (χ1v) is 9.35. The van der Waals surface area contributed by atoms with Gasteiger partial charge in [-0.05, 0) is 50.9 Å². The monoisotopic (exact) mass is 317 g/mol. The largest absolute Gasteiger partial charge is 0.381 e. The summed E-state index contributed by atoms with van der Waals surface area (Å²) in [5.74, 6) is 2.59. The third kappa shape index (κ3) is 4.04. The Balaban J connectivity index is 1.75. The van der Waals surface area contributed by atoms with Crippen LogP contribution < -0.4 is 5.32 Å². The molecule has 23 heavy (non-hydrogen) atoms. The lowest BCUT2D eigenvalue weighted by Gasteiger charge is -2.34. The summed E-state index contributed by atoms with van der Waals surface area (Å²) in [6.07, 6.45) is 14.9. The highest BCUT2D eigenvalue weighted by Gasteiger charge is 2.30. The smallest absolute Gasteiger partial charge is 0.126 e. The fourth-order valence-electron chi connectivity index (χ4n) is 3.92. The van der Waals surface area contributed by atoms with Crippen LogP contribution in [0.3, 0.4) is 0 Å². The topological polar surface area (TPSA) is 39.1 Å². The maximum atomic E-state index is 5.57. The van der Waals surface area contributed by atoms with E-state index in [1.54, 1.807) is 0 Å². The van der Waals surface area contributed by atoms with Crippen LogP contribution in [0.25, 0.3) is 0 Å². The SMILES string of the molecule is CCC1C=CC(NC(c2nccn2CC)C2CCOCC2)CC1. The van der Waals surface area contributed by atoms with Gasteiger partial charge in [-0.25, -0.2) is 4.98 Å². The van der Waals surface area contributed by atoms with Gasteiger partial charge in [0.2, 0.25) is 0 Å². The number of nitrogens with zero attached hydrogens (tertiary/aromatic N) is 2. The molecular formula is C19H31N3O. The zero-order valence-corrected chi connectivity index (χ0v) is 14.6. The van der Waals surface area contributed by atoms with Crippen molar-refractivity contribution in [3.8, 4) is 0 Å². The van der Waals surface area contributed by atoms with Crippen molar-refractivity contribution in [3.05, 3.63) is 30.4 Å². The Kier molecular flexibility index (Phi) is 5.90. The predicted molar refractivity (Wildman–Crippen MR) is 93.3 cm³/mol. The minimum absolute atomic E-state index is 0.335. The summed E-state index contributed by atoms with van der Waals surface area (Å²) in [7, 11) is 0. The summed E-state index contributed by atoms with van der Waals surface area (Å²) in [5, 5.41) is 3.92. The molecule has 0 spiro atoms. The normalized spacial score (nSPS) is 27.2. The molecule has 1 fully saturated rings. The fraction of sp³-hybridized carbons (Fsp3) is 0.737. The second kappa shape index (κ2) is 8.11. The van der Waals surface area contributed by atoms with Gasteiger partial charge in [-0.3, -0.25) is 0 Å². The number of imidazole rings is 1. The van der Waals surface area contributed by atoms with Crippen molar-refractivity contribution >= 4 is 0 Å². The summed E-state index contributed by atoms with van der Waals surface area (Å²) < 4.78 is 7.86. The highest BCUT2D eigenvalue weighted by molar-refractivity contribution is 5.08. The van der Waals surface area contributed by atoms with E-state index in [1.807, 2.05) is 6.20 Å². The van der Waals surface area contributed by atoms with Gasteiger partial charge in [-0.1, -0.05) is 19.1 Å². The first kappa shape index (κ1) is 16.7. The van der Waals surface area contributed by atoms with Crippen LogP contribution >= 0.6 is 0 Å². The van der Waals surface area contributed by atoms with Crippen molar-refractivity contribution in [3.63, 3.8) is 0 Å². The first-order valence-electron chi connectivity index (χ1n) is 9.35. The fourth-order valence-corrected chi connectivity index (χ4v) is 3.92. The minimum atomic E-state index is 0.335. The van der Waals surface area contributed by atoms with Gasteiger partial charge in [0.25, 0.3) is 0 Å². The second-order valence-electron chi connectivity index (χ2n) is 6.90. The first-order chi connectivity index (χ1) is 11.3. The van der Waals surface area contributed by atoms with Crippen LogP contribution in [-0.4, -0.2) is 28.8 Å². The average molecular weight is 317 g/mol. The van der Waals surface area contributed by atoms with E-state index in [9.17, 15) is 0 Å². The van der Waals surface area contributed by atoms with E-state index < -0.39 is 0 Å². The number of ether oxygens (including phenoxy) is 1. The molecule has 4 nitrogen and oxygen atoms in total. The lowest BCUT2D eigenvalue weighted by atomic mass is 9.87. The standard InChI is InChI=1S/C19H31N3O/c1-3-15-5-7-17(8-6-15)21-18(16-9-13-23-14-10-16)19-20-11-12-22(19)4-2/h5,7,11-12,15-18,21H,3-4,6,8-10,13-14H2,1-2H3. The molecule has 1 aromatic rings. The van der Waals surface area contributed by atoms with E-state index in [2.05, 4.69) is 42.1 Å². The molecule has 1 saturated heterocycles. The van der Waals surface area contributed by atoms with Gasteiger partial charge in [-0.15, -0.1) is 0 Å². The molecule has 4 heteroatoms. The van der Waals surface area contributed by atoms with Gasteiger partial charge in [0.05, 0.1) is 6.04 Å². The van der Waals surface area contributed by atoms with E-state index in [0.717, 1.165) is 38.5 Å². The minimum Gasteiger partial charge on any atom is -0.381 e. The zero-order chi connectivity index (χ0) is 16.1. The Morgan fingerprint density at radius 1 is 1.22 bits per heavy atom. The van der Waals surface area contributed by atoms with Crippen LogP contribution in [0.2, 0.25) is 0 Å². The van der Waals surface area contributed by atoms with Gasteiger partial charge >= 0.3 is 0 Å². The molecule has 3 unspecified atom stereocenters. The maximum absolute atomic E-state index is 5.57. The van der Waals surface area contributed by atoms with Crippen LogP contribution in [0.1, 0.15) is 57.8 Å². The van der Waals surface area contributed by atoms with Gasteiger partial charge in [0, 0.05) is 38.2 Å². The number of allylic oxidation sites excluding steroid dienone is 1. The Hall–Kier alpha value is -1.13. The molecule has 0 radical (unpaired) electrons. The lowest BCUT2D eigenvalue weighted by Crippen LogP contribution is -2.40. The van der Waals surface area contributed by atoms with E-state index in [-0.39, 0.29) is 0 Å². The zero-order valence-electron chi connectivity index (χ0n) is 14.6. The Morgan fingerprint density at radius 3 is 2.70 bits per heavy atom. The van der Waals surface area contributed by atoms with Gasteiger partial charge < -0.3 is 14.6 Å². The number of nitrogens with one attached hydrogen (secondary N) is 1.